The van der Waals surface area contributed by atoms with Gasteiger partial charge in [-0.15, -0.1) is 24.0 Å². The van der Waals surface area contributed by atoms with E-state index in [-0.39, 0.29) is 24.0 Å². The largest absolute Gasteiger partial charge is 0.495 e. The van der Waals surface area contributed by atoms with E-state index in [9.17, 15) is 0 Å². The first kappa shape index (κ1) is 25.0. The number of hydrogen-bond donors (Lipinski definition) is 2. The fraction of sp³-hybridized carbons (Fsp3) is 0.696. The zero-order valence-electron chi connectivity index (χ0n) is 18.9. The van der Waals surface area contributed by atoms with Gasteiger partial charge in [0.05, 0.1) is 12.8 Å². The topological polar surface area (TPSA) is 52.1 Å². The van der Waals surface area contributed by atoms with Crippen LogP contribution in [0.15, 0.2) is 29.3 Å². The number of rotatable bonds is 8. The average Bonchev–Trinajstić information content (AvgIpc) is 3.22. The Hall–Kier alpha value is -1.22. The Bertz CT molecular complexity index is 648. The molecule has 2 fully saturated rings. The molecule has 3 rings (SSSR count). The summed E-state index contributed by atoms with van der Waals surface area (Å²) in [6.07, 6.45) is 4.96. The zero-order chi connectivity index (χ0) is 20.5. The number of ether oxygens (including phenoxy) is 1. The first-order chi connectivity index (χ1) is 14.2. The number of piperidine rings is 1. The summed E-state index contributed by atoms with van der Waals surface area (Å²) in [6.45, 7) is 11.9. The van der Waals surface area contributed by atoms with Crippen molar-refractivity contribution in [3.63, 3.8) is 0 Å². The third-order valence-electron chi connectivity index (χ3n) is 6.26. The molecular formula is C23H40IN5O. The van der Waals surface area contributed by atoms with Crippen molar-refractivity contribution in [2.75, 3.05) is 57.8 Å². The number of hydrogen-bond acceptors (Lipinski definition) is 4. The average molecular weight is 530 g/mol. The maximum Gasteiger partial charge on any atom is 0.191 e. The highest BCUT2D eigenvalue weighted by Gasteiger charge is 2.25. The van der Waals surface area contributed by atoms with E-state index in [0.29, 0.717) is 6.04 Å². The molecule has 1 atom stereocenters. The van der Waals surface area contributed by atoms with E-state index in [1.807, 2.05) is 12.1 Å². The molecule has 2 heterocycles. The van der Waals surface area contributed by atoms with Crippen molar-refractivity contribution in [2.24, 2.45) is 10.9 Å². The Morgan fingerprint density at radius 1 is 1.13 bits per heavy atom. The molecule has 2 N–H and O–H groups in total. The Labute approximate surface area is 199 Å². The molecule has 0 aromatic heterocycles. The molecule has 0 amide bonds. The first-order valence-electron chi connectivity index (χ1n) is 11.4. The number of likely N-dealkylation sites (tertiary alicyclic amines) is 1. The summed E-state index contributed by atoms with van der Waals surface area (Å²) in [7, 11) is 1.74. The van der Waals surface area contributed by atoms with Gasteiger partial charge in [-0.2, -0.15) is 0 Å². The number of para-hydroxylation sites is 2. The van der Waals surface area contributed by atoms with Gasteiger partial charge in [0.15, 0.2) is 5.96 Å². The standard InChI is InChI=1S/C23H39N5O.HI/c1-4-24-23(25-14-10-19-11-15-27(5-2)16-12-19)26-20-13-17-28(18-20)21-8-6-7-9-22(21)29-3;/h6-9,19-20H,4-5,10-18H2,1-3H3,(H2,24,25,26);1H. The molecule has 1 aromatic rings. The zero-order valence-corrected chi connectivity index (χ0v) is 21.2. The van der Waals surface area contributed by atoms with Crippen LogP contribution in [0.1, 0.15) is 39.5 Å². The second-order valence-corrected chi connectivity index (χ2v) is 8.17. The van der Waals surface area contributed by atoms with Gasteiger partial charge in [-0.1, -0.05) is 19.1 Å². The van der Waals surface area contributed by atoms with E-state index in [0.717, 1.165) is 50.2 Å². The summed E-state index contributed by atoms with van der Waals surface area (Å²) >= 11 is 0. The molecule has 2 saturated heterocycles. The number of aliphatic imine (C=N–C) groups is 1. The minimum absolute atomic E-state index is 0. The number of nitrogens with one attached hydrogen (secondary N) is 2. The van der Waals surface area contributed by atoms with Crippen LogP contribution in [-0.4, -0.2) is 69.8 Å². The van der Waals surface area contributed by atoms with Crippen molar-refractivity contribution in [2.45, 2.75) is 45.6 Å². The summed E-state index contributed by atoms with van der Waals surface area (Å²) in [5.41, 5.74) is 1.18. The maximum atomic E-state index is 5.54. The Morgan fingerprint density at radius 3 is 2.60 bits per heavy atom. The Morgan fingerprint density at radius 2 is 1.90 bits per heavy atom. The van der Waals surface area contributed by atoms with E-state index >= 15 is 0 Å². The lowest BCUT2D eigenvalue weighted by molar-refractivity contribution is 0.188. The first-order valence-corrected chi connectivity index (χ1v) is 11.4. The third kappa shape index (κ3) is 7.18. The van der Waals surface area contributed by atoms with Crippen molar-refractivity contribution in [3.05, 3.63) is 24.3 Å². The molecular weight excluding hydrogens is 489 g/mol. The van der Waals surface area contributed by atoms with Crippen molar-refractivity contribution in [1.29, 1.82) is 0 Å². The molecule has 7 heteroatoms. The number of anilines is 1. The minimum Gasteiger partial charge on any atom is -0.495 e. The van der Waals surface area contributed by atoms with Crippen LogP contribution in [0.3, 0.4) is 0 Å². The second-order valence-electron chi connectivity index (χ2n) is 8.17. The second kappa shape index (κ2) is 13.2. The molecule has 30 heavy (non-hydrogen) atoms. The summed E-state index contributed by atoms with van der Waals surface area (Å²) in [5, 5.41) is 7.08. The van der Waals surface area contributed by atoms with Gasteiger partial charge in [0.25, 0.3) is 0 Å². The summed E-state index contributed by atoms with van der Waals surface area (Å²) in [5.74, 6) is 2.74. The molecule has 0 radical (unpaired) electrons. The van der Waals surface area contributed by atoms with E-state index in [1.165, 1.54) is 44.6 Å². The molecule has 0 aliphatic carbocycles. The van der Waals surface area contributed by atoms with Crippen LogP contribution in [-0.2, 0) is 0 Å². The van der Waals surface area contributed by atoms with E-state index in [2.05, 4.69) is 46.4 Å². The summed E-state index contributed by atoms with van der Waals surface area (Å²) < 4.78 is 5.54. The molecule has 1 unspecified atom stereocenters. The van der Waals surface area contributed by atoms with E-state index < -0.39 is 0 Å². The van der Waals surface area contributed by atoms with Crippen LogP contribution >= 0.6 is 24.0 Å². The lowest BCUT2D eigenvalue weighted by atomic mass is 9.94. The monoisotopic (exact) mass is 529 g/mol. The van der Waals surface area contributed by atoms with Gasteiger partial charge in [0.2, 0.25) is 0 Å². The van der Waals surface area contributed by atoms with Crippen LogP contribution in [0.25, 0.3) is 0 Å². The molecule has 170 valence electrons. The van der Waals surface area contributed by atoms with Gasteiger partial charge in [-0.3, -0.25) is 4.99 Å². The predicted octanol–water partition coefficient (Wildman–Crippen LogP) is 3.57. The van der Waals surface area contributed by atoms with Gasteiger partial charge in [0, 0.05) is 32.2 Å². The van der Waals surface area contributed by atoms with Gasteiger partial charge < -0.3 is 25.2 Å². The number of halogens is 1. The Kier molecular flexibility index (Phi) is 11.1. The van der Waals surface area contributed by atoms with Gasteiger partial charge in [-0.05, 0) is 70.3 Å². The Balaban J connectivity index is 0.00000320. The lowest BCUT2D eigenvalue weighted by Crippen LogP contribution is -2.44. The fourth-order valence-corrected chi connectivity index (χ4v) is 4.45. The normalized spacial score (nSPS) is 20.7. The molecule has 2 aliphatic heterocycles. The van der Waals surface area contributed by atoms with Crippen molar-refractivity contribution in [1.82, 2.24) is 15.5 Å². The fourth-order valence-electron chi connectivity index (χ4n) is 4.45. The smallest absolute Gasteiger partial charge is 0.191 e. The number of benzene rings is 1. The van der Waals surface area contributed by atoms with Gasteiger partial charge in [0.1, 0.15) is 5.75 Å². The maximum absolute atomic E-state index is 5.54. The summed E-state index contributed by atoms with van der Waals surface area (Å²) in [4.78, 5) is 9.84. The molecule has 0 bridgehead atoms. The van der Waals surface area contributed by atoms with Crippen LogP contribution in [0, 0.1) is 5.92 Å². The SMILES string of the molecule is CCNC(=NCCC1CCN(CC)CC1)NC1CCN(c2ccccc2OC)C1.I. The molecule has 0 saturated carbocycles. The number of guanidine groups is 1. The van der Waals surface area contributed by atoms with Crippen molar-refractivity contribution in [3.8, 4) is 5.75 Å². The molecule has 1 aromatic carbocycles. The highest BCUT2D eigenvalue weighted by molar-refractivity contribution is 14.0. The van der Waals surface area contributed by atoms with Gasteiger partial charge in [-0.25, -0.2) is 0 Å². The number of methoxy groups -OCH3 is 1. The van der Waals surface area contributed by atoms with Crippen molar-refractivity contribution >= 4 is 35.6 Å². The van der Waals surface area contributed by atoms with Crippen LogP contribution < -0.4 is 20.3 Å². The highest BCUT2D eigenvalue weighted by Crippen LogP contribution is 2.30. The van der Waals surface area contributed by atoms with Crippen molar-refractivity contribution < 1.29 is 4.74 Å². The van der Waals surface area contributed by atoms with Crippen LogP contribution in [0.4, 0.5) is 5.69 Å². The molecule has 6 nitrogen and oxygen atoms in total. The number of nitrogens with zero attached hydrogens (tertiary/aromatic N) is 3. The van der Waals surface area contributed by atoms with Gasteiger partial charge >= 0.3 is 0 Å². The minimum atomic E-state index is 0. The summed E-state index contributed by atoms with van der Waals surface area (Å²) in [6, 6.07) is 8.69. The van der Waals surface area contributed by atoms with E-state index in [1.54, 1.807) is 7.11 Å². The quantitative estimate of drug-likeness (QED) is 0.307. The van der Waals surface area contributed by atoms with Crippen LogP contribution in [0.5, 0.6) is 5.75 Å². The van der Waals surface area contributed by atoms with Crippen LogP contribution in [0.2, 0.25) is 0 Å². The third-order valence-corrected chi connectivity index (χ3v) is 6.26. The molecule has 0 spiro atoms. The highest BCUT2D eigenvalue weighted by atomic mass is 127. The lowest BCUT2D eigenvalue weighted by Gasteiger charge is -2.30. The predicted molar refractivity (Wildman–Crippen MR) is 138 cm³/mol. The van der Waals surface area contributed by atoms with E-state index in [4.69, 9.17) is 9.73 Å². The molecule has 2 aliphatic rings.